The van der Waals surface area contributed by atoms with Gasteiger partial charge in [0.25, 0.3) is 0 Å². The number of carbonyl (C=O) groups is 1. The molecule has 0 radical (unpaired) electrons. The lowest BCUT2D eigenvalue weighted by atomic mass is 9.95. The van der Waals surface area contributed by atoms with Crippen LogP contribution in [0.5, 0.6) is 0 Å². The Morgan fingerprint density at radius 1 is 1.07 bits per heavy atom. The molecule has 0 bridgehead atoms. The van der Waals surface area contributed by atoms with Crippen molar-refractivity contribution < 1.29 is 13.2 Å². The Balaban J connectivity index is 0.00000280. The number of sulfone groups is 1. The second-order valence-corrected chi connectivity index (χ2v) is 9.59. The van der Waals surface area contributed by atoms with Gasteiger partial charge in [-0.15, -0.1) is 12.4 Å². The quantitative estimate of drug-likeness (QED) is 0.776. The zero-order valence-corrected chi connectivity index (χ0v) is 17.8. The third kappa shape index (κ3) is 4.74. The minimum atomic E-state index is -3.50. The van der Waals surface area contributed by atoms with Gasteiger partial charge < -0.3 is 10.6 Å². The van der Waals surface area contributed by atoms with Crippen molar-refractivity contribution in [3.63, 3.8) is 0 Å². The molecule has 2 aromatic rings. The number of benzene rings is 2. The topological polar surface area (TPSA) is 75.3 Å². The number of piperidine rings is 1. The molecule has 1 aliphatic rings. The molecule has 1 aliphatic heterocycles. The van der Waals surface area contributed by atoms with Crippen LogP contribution in [0, 0.1) is 6.92 Å². The van der Waals surface area contributed by atoms with E-state index >= 15 is 0 Å². The van der Waals surface area contributed by atoms with Gasteiger partial charge in [0.05, 0.1) is 0 Å². The van der Waals surface area contributed by atoms with Gasteiger partial charge in [-0.2, -0.15) is 0 Å². The normalized spacial score (nSPS) is 16.1. The maximum absolute atomic E-state index is 12.8. The molecular weight excluding hydrogens is 396 g/mol. The van der Waals surface area contributed by atoms with Gasteiger partial charge in [0.1, 0.15) is 0 Å². The number of halogens is 1. The van der Waals surface area contributed by atoms with Gasteiger partial charge in [-0.05, 0) is 55.6 Å². The molecule has 1 fully saturated rings. The molecule has 3 rings (SSSR count). The molecule has 1 heterocycles. The Morgan fingerprint density at radius 3 is 2.29 bits per heavy atom. The smallest absolute Gasteiger partial charge is 0.241 e. The first-order valence-corrected chi connectivity index (χ1v) is 11.1. The van der Waals surface area contributed by atoms with Crippen molar-refractivity contribution in [3.8, 4) is 11.1 Å². The van der Waals surface area contributed by atoms with Crippen LogP contribution < -0.4 is 10.6 Å². The fourth-order valence-corrected chi connectivity index (χ4v) is 4.98. The van der Waals surface area contributed by atoms with Crippen LogP contribution in [-0.2, 0) is 21.2 Å². The molecular formula is C21H27ClN2O3S. The number of aryl methyl sites for hydroxylation is 1. The first-order chi connectivity index (χ1) is 12.8. The fraction of sp³-hybridized carbons (Fsp3) is 0.381. The Morgan fingerprint density at radius 2 is 1.68 bits per heavy atom. The van der Waals surface area contributed by atoms with Crippen molar-refractivity contribution >= 4 is 28.2 Å². The van der Waals surface area contributed by atoms with E-state index in [9.17, 15) is 13.2 Å². The van der Waals surface area contributed by atoms with Crippen LogP contribution in [0.15, 0.2) is 48.5 Å². The standard InChI is InChI=1S/C21H26N2O3S.ClH/c1-16-5-3-7-18(13-16)19-8-4-6-17(14-19)15-23-20(24)21(27(2,25)26)9-11-22-12-10-21;/h3-8,13-14,22H,9-12,15H2,1-2H3,(H,23,24);1H. The van der Waals surface area contributed by atoms with Crippen LogP contribution in [-0.4, -0.2) is 38.4 Å². The molecule has 0 spiro atoms. The van der Waals surface area contributed by atoms with Gasteiger partial charge in [-0.3, -0.25) is 4.79 Å². The molecule has 5 nitrogen and oxygen atoms in total. The van der Waals surface area contributed by atoms with Gasteiger partial charge in [0.2, 0.25) is 5.91 Å². The predicted octanol–water partition coefficient (Wildman–Crippen LogP) is 2.87. The van der Waals surface area contributed by atoms with E-state index in [0.29, 0.717) is 32.5 Å². The van der Waals surface area contributed by atoms with Crippen molar-refractivity contribution in [2.45, 2.75) is 31.1 Å². The predicted molar refractivity (Wildman–Crippen MR) is 115 cm³/mol. The highest BCUT2D eigenvalue weighted by atomic mass is 35.5. The SMILES string of the molecule is Cc1cccc(-c2cccc(CNC(=O)C3(S(C)(=O)=O)CCNCC3)c2)c1.Cl. The highest BCUT2D eigenvalue weighted by Gasteiger charge is 2.48. The van der Waals surface area contributed by atoms with Crippen LogP contribution in [0.4, 0.5) is 0 Å². The van der Waals surface area contributed by atoms with E-state index in [2.05, 4.69) is 35.8 Å². The third-order valence-corrected chi connectivity index (χ3v) is 7.28. The number of nitrogens with one attached hydrogen (secondary N) is 2. The lowest BCUT2D eigenvalue weighted by molar-refractivity contribution is -0.124. The summed E-state index contributed by atoms with van der Waals surface area (Å²) in [4.78, 5) is 12.8. The minimum Gasteiger partial charge on any atom is -0.351 e. The fourth-order valence-electron chi connectivity index (χ4n) is 3.63. The Kier molecular flexibility index (Phi) is 7.26. The maximum atomic E-state index is 12.8. The van der Waals surface area contributed by atoms with E-state index in [1.807, 2.05) is 30.3 Å². The third-order valence-electron chi connectivity index (χ3n) is 5.27. The summed E-state index contributed by atoms with van der Waals surface area (Å²) in [6.07, 6.45) is 1.78. The Bertz CT molecular complexity index is 938. The highest BCUT2D eigenvalue weighted by Crippen LogP contribution is 2.28. The highest BCUT2D eigenvalue weighted by molar-refractivity contribution is 7.92. The molecule has 1 saturated heterocycles. The molecule has 1 amide bonds. The summed E-state index contributed by atoms with van der Waals surface area (Å²) in [5, 5.41) is 5.99. The number of hydrogen-bond acceptors (Lipinski definition) is 4. The lowest BCUT2D eigenvalue weighted by Crippen LogP contribution is -2.57. The van der Waals surface area contributed by atoms with Crippen molar-refractivity contribution in [2.75, 3.05) is 19.3 Å². The van der Waals surface area contributed by atoms with E-state index in [0.717, 1.165) is 22.9 Å². The molecule has 0 aromatic heterocycles. The Labute approximate surface area is 173 Å². The van der Waals surface area contributed by atoms with E-state index < -0.39 is 20.5 Å². The molecule has 28 heavy (non-hydrogen) atoms. The van der Waals surface area contributed by atoms with Gasteiger partial charge >= 0.3 is 0 Å². The number of carbonyl (C=O) groups excluding carboxylic acids is 1. The van der Waals surface area contributed by atoms with Crippen molar-refractivity contribution in [3.05, 3.63) is 59.7 Å². The van der Waals surface area contributed by atoms with Crippen molar-refractivity contribution in [1.82, 2.24) is 10.6 Å². The second-order valence-electron chi connectivity index (χ2n) is 7.27. The monoisotopic (exact) mass is 422 g/mol. The summed E-state index contributed by atoms with van der Waals surface area (Å²) >= 11 is 0. The summed E-state index contributed by atoms with van der Waals surface area (Å²) in [5.74, 6) is -0.396. The zero-order chi connectivity index (χ0) is 19.5. The van der Waals surface area contributed by atoms with Crippen LogP contribution in [0.1, 0.15) is 24.0 Å². The summed E-state index contributed by atoms with van der Waals surface area (Å²) < 4.78 is 23.4. The van der Waals surface area contributed by atoms with Crippen LogP contribution >= 0.6 is 12.4 Å². The number of rotatable bonds is 5. The van der Waals surface area contributed by atoms with Gasteiger partial charge in [0.15, 0.2) is 14.6 Å². The molecule has 0 aliphatic carbocycles. The van der Waals surface area contributed by atoms with Crippen LogP contribution in [0.25, 0.3) is 11.1 Å². The average molecular weight is 423 g/mol. The van der Waals surface area contributed by atoms with Crippen LogP contribution in [0.3, 0.4) is 0 Å². The van der Waals surface area contributed by atoms with E-state index in [1.54, 1.807) is 0 Å². The van der Waals surface area contributed by atoms with Crippen molar-refractivity contribution in [1.29, 1.82) is 0 Å². The molecule has 2 aromatic carbocycles. The summed E-state index contributed by atoms with van der Waals surface area (Å²) in [6.45, 7) is 3.42. The molecule has 7 heteroatoms. The lowest BCUT2D eigenvalue weighted by Gasteiger charge is -2.34. The van der Waals surface area contributed by atoms with Crippen LogP contribution in [0.2, 0.25) is 0 Å². The minimum absolute atomic E-state index is 0. The summed E-state index contributed by atoms with van der Waals surface area (Å²) in [7, 11) is -3.50. The zero-order valence-electron chi connectivity index (χ0n) is 16.2. The van der Waals surface area contributed by atoms with E-state index in [-0.39, 0.29) is 12.4 Å². The van der Waals surface area contributed by atoms with Crippen molar-refractivity contribution in [2.24, 2.45) is 0 Å². The molecule has 0 atom stereocenters. The molecule has 152 valence electrons. The largest absolute Gasteiger partial charge is 0.351 e. The molecule has 0 unspecified atom stereocenters. The van der Waals surface area contributed by atoms with Gasteiger partial charge in [-0.1, -0.05) is 48.0 Å². The first-order valence-electron chi connectivity index (χ1n) is 9.16. The molecule has 0 saturated carbocycles. The molecule has 2 N–H and O–H groups in total. The Hall–Kier alpha value is -1.89. The van der Waals surface area contributed by atoms with E-state index in [4.69, 9.17) is 0 Å². The maximum Gasteiger partial charge on any atom is 0.241 e. The van der Waals surface area contributed by atoms with Gasteiger partial charge in [-0.25, -0.2) is 8.42 Å². The van der Waals surface area contributed by atoms with Gasteiger partial charge in [0, 0.05) is 12.8 Å². The van der Waals surface area contributed by atoms with E-state index in [1.165, 1.54) is 5.56 Å². The number of amides is 1. The first kappa shape index (κ1) is 22.4. The number of hydrogen-bond donors (Lipinski definition) is 2. The summed E-state index contributed by atoms with van der Waals surface area (Å²) in [5.41, 5.74) is 4.33. The average Bonchev–Trinajstić information content (AvgIpc) is 2.66. The summed E-state index contributed by atoms with van der Waals surface area (Å²) in [6, 6.07) is 16.2. The second kappa shape index (κ2) is 9.07.